The standard InChI is InChI=1S/C36H47BS2/c1-2-36-12(5-35(39)6-13(35)36)10(7-37)16-19-22-25-28-29-26-23-20-17-14(9-3-4-9)11(8-38)15(17)18(20)21(23)24(26)27(29)30(28)31(25)32(22)33(19)34(16)36/h9-34,38-39H,2-8,37H2,1H3. The molecule has 0 nitrogen and oxygen atoms in total. The molecule has 14 saturated carbocycles. The summed E-state index contributed by atoms with van der Waals surface area (Å²) in [6.07, 6.45) is 9.13. The van der Waals surface area contributed by atoms with Gasteiger partial charge < -0.3 is 0 Å². The summed E-state index contributed by atoms with van der Waals surface area (Å²) in [6.45, 7) is 2.62. The molecule has 14 rings (SSSR count). The van der Waals surface area contributed by atoms with Gasteiger partial charge in [-0.15, -0.1) is 0 Å². The van der Waals surface area contributed by atoms with Crippen molar-refractivity contribution in [2.75, 3.05) is 5.75 Å². The summed E-state index contributed by atoms with van der Waals surface area (Å²) >= 11 is 10.3. The van der Waals surface area contributed by atoms with Gasteiger partial charge in [0.05, 0.1) is 0 Å². The number of hydrogen-bond acceptors (Lipinski definition) is 2. The fraction of sp³-hybridized carbons (Fsp3) is 1.00. The van der Waals surface area contributed by atoms with Crippen molar-refractivity contribution < 1.29 is 0 Å². The first-order chi connectivity index (χ1) is 19.1. The maximum atomic E-state index is 5.35. The van der Waals surface area contributed by atoms with E-state index in [1.165, 1.54) is 138 Å². The zero-order valence-corrected chi connectivity index (χ0v) is 25.6. The quantitative estimate of drug-likeness (QED) is 0.245. The lowest BCUT2D eigenvalue weighted by molar-refractivity contribution is -0.509. The molecule has 0 bridgehead atoms. The third kappa shape index (κ3) is 1.64. The molecule has 0 heterocycles. The van der Waals surface area contributed by atoms with Crippen molar-refractivity contribution in [3.63, 3.8) is 0 Å². The van der Waals surface area contributed by atoms with E-state index in [9.17, 15) is 0 Å². The van der Waals surface area contributed by atoms with Gasteiger partial charge in [0, 0.05) is 4.75 Å². The molecule has 27 unspecified atom stereocenters. The van der Waals surface area contributed by atoms with Crippen LogP contribution in [0.4, 0.5) is 0 Å². The molecule has 206 valence electrons. The maximum Gasteiger partial charge on any atom is 0.101 e. The van der Waals surface area contributed by atoms with Crippen molar-refractivity contribution in [3.8, 4) is 0 Å². The van der Waals surface area contributed by atoms with Crippen LogP contribution in [0.2, 0.25) is 6.32 Å². The predicted molar refractivity (Wildman–Crippen MR) is 161 cm³/mol. The van der Waals surface area contributed by atoms with E-state index < -0.39 is 0 Å². The summed E-state index contributed by atoms with van der Waals surface area (Å²) in [6, 6.07) is 0. The van der Waals surface area contributed by atoms with Crippen molar-refractivity contribution in [3.05, 3.63) is 0 Å². The Hall–Kier alpha value is 0.765. The molecule has 0 amide bonds. The number of hydrogen-bond donors (Lipinski definition) is 2. The molecule has 0 saturated heterocycles. The minimum absolute atomic E-state index is 0.478. The topological polar surface area (TPSA) is 0 Å². The van der Waals surface area contributed by atoms with Gasteiger partial charge >= 0.3 is 0 Å². The zero-order valence-electron chi connectivity index (χ0n) is 23.9. The van der Waals surface area contributed by atoms with Gasteiger partial charge in [0.25, 0.3) is 0 Å². The zero-order chi connectivity index (χ0) is 25.0. The average Bonchev–Trinajstić information content (AvgIpc) is 3.80. The van der Waals surface area contributed by atoms with Gasteiger partial charge in [-0.1, -0.05) is 13.2 Å². The molecule has 0 radical (unpaired) electrons. The number of rotatable bonds is 4. The summed E-state index contributed by atoms with van der Waals surface area (Å²) in [5, 5.41) is 0. The summed E-state index contributed by atoms with van der Waals surface area (Å²) in [5.74, 6) is 32.3. The Morgan fingerprint density at radius 1 is 0.615 bits per heavy atom. The van der Waals surface area contributed by atoms with Crippen LogP contribution >= 0.6 is 25.3 Å². The Bertz CT molecular complexity index is 1290. The predicted octanol–water partition coefficient (Wildman–Crippen LogP) is 5.80. The Kier molecular flexibility index (Phi) is 3.18. The molecule has 27 atom stereocenters. The third-order valence-electron chi connectivity index (χ3n) is 20.9. The monoisotopic (exact) mass is 554 g/mol. The normalized spacial score (nSPS) is 84.1. The van der Waals surface area contributed by atoms with Gasteiger partial charge in [0.2, 0.25) is 0 Å². The Balaban J connectivity index is 0.761. The van der Waals surface area contributed by atoms with Crippen LogP contribution in [-0.4, -0.2) is 18.3 Å². The highest BCUT2D eigenvalue weighted by atomic mass is 32.1. The first-order valence-electron chi connectivity index (χ1n) is 18.5. The van der Waals surface area contributed by atoms with Crippen LogP contribution in [0.1, 0.15) is 39.0 Å². The minimum Gasteiger partial charge on any atom is -0.179 e. The first kappa shape index (κ1) is 21.5. The summed E-state index contributed by atoms with van der Waals surface area (Å²) in [4.78, 5) is 0. The molecular weight excluding hydrogens is 507 g/mol. The summed E-state index contributed by atoms with van der Waals surface area (Å²) < 4.78 is 0.478. The van der Waals surface area contributed by atoms with Crippen LogP contribution in [0.15, 0.2) is 0 Å². The Labute approximate surface area is 247 Å². The van der Waals surface area contributed by atoms with Crippen LogP contribution < -0.4 is 0 Å². The molecule has 0 aromatic rings. The van der Waals surface area contributed by atoms with Crippen LogP contribution in [0.5, 0.6) is 0 Å². The molecule has 14 aliphatic rings. The molecule has 14 aliphatic carbocycles. The van der Waals surface area contributed by atoms with E-state index >= 15 is 0 Å². The molecule has 0 aromatic carbocycles. The smallest absolute Gasteiger partial charge is 0.101 e. The largest absolute Gasteiger partial charge is 0.179 e. The van der Waals surface area contributed by atoms with Crippen LogP contribution in [-0.2, 0) is 0 Å². The highest BCUT2D eigenvalue weighted by molar-refractivity contribution is 7.82. The van der Waals surface area contributed by atoms with E-state index in [4.69, 9.17) is 25.3 Å². The Morgan fingerprint density at radius 2 is 1.10 bits per heavy atom. The van der Waals surface area contributed by atoms with Crippen LogP contribution in [0.25, 0.3) is 0 Å². The molecule has 0 spiro atoms. The highest BCUT2D eigenvalue weighted by Crippen LogP contribution is 2.99. The lowest BCUT2D eigenvalue weighted by Gasteiger charge is -2.97. The number of thiol groups is 2. The summed E-state index contributed by atoms with van der Waals surface area (Å²) in [7, 11) is 2.58. The van der Waals surface area contributed by atoms with Gasteiger partial charge in [-0.25, -0.2) is 0 Å². The van der Waals surface area contributed by atoms with E-state index in [-0.39, 0.29) is 0 Å². The van der Waals surface area contributed by atoms with E-state index in [1.807, 2.05) is 0 Å². The second-order valence-corrected chi connectivity index (χ2v) is 20.7. The van der Waals surface area contributed by atoms with E-state index in [0.29, 0.717) is 4.75 Å². The second kappa shape index (κ2) is 5.78. The average molecular weight is 555 g/mol. The van der Waals surface area contributed by atoms with Gasteiger partial charge in [0.1, 0.15) is 7.85 Å². The van der Waals surface area contributed by atoms with E-state index in [2.05, 4.69) is 14.8 Å². The molecule has 14 fully saturated rings. The van der Waals surface area contributed by atoms with Crippen molar-refractivity contribution >= 4 is 33.1 Å². The molecule has 3 heteroatoms. The van der Waals surface area contributed by atoms with Gasteiger partial charge in [0.15, 0.2) is 0 Å². The fourth-order valence-corrected chi connectivity index (χ4v) is 21.9. The minimum atomic E-state index is 0.478. The van der Waals surface area contributed by atoms with Gasteiger partial charge in [-0.05, 0) is 197 Å². The van der Waals surface area contributed by atoms with Gasteiger partial charge in [-0.2, -0.15) is 25.3 Å². The second-order valence-electron chi connectivity index (χ2n) is 19.5. The van der Waals surface area contributed by atoms with Crippen molar-refractivity contribution in [1.29, 1.82) is 0 Å². The molecule has 0 N–H and O–H groups in total. The molecule has 39 heavy (non-hydrogen) atoms. The molecular formula is C36H47BS2. The van der Waals surface area contributed by atoms with E-state index in [0.717, 1.165) is 52.8 Å². The van der Waals surface area contributed by atoms with Crippen molar-refractivity contribution in [2.24, 2.45) is 159 Å². The fourth-order valence-electron chi connectivity index (χ4n) is 20.8. The van der Waals surface area contributed by atoms with Crippen molar-refractivity contribution in [2.45, 2.75) is 50.1 Å². The van der Waals surface area contributed by atoms with Crippen LogP contribution in [0, 0.1) is 159 Å². The lowest BCUT2D eigenvalue weighted by atomic mass is 9.07. The third-order valence-corrected chi connectivity index (χ3v) is 22.0. The SMILES string of the molecule is BCC1C2C3C4C5C6C7C8C9C%10C%11C(C%12CC%12)C(CS)C%11C%10C9C8C7C6C5C4C3C2C2(CC)C1CC1(S)CC12. The van der Waals surface area contributed by atoms with Crippen molar-refractivity contribution in [1.82, 2.24) is 0 Å². The van der Waals surface area contributed by atoms with Gasteiger partial charge in [-0.3, -0.25) is 0 Å². The van der Waals surface area contributed by atoms with E-state index in [1.54, 1.807) is 12.8 Å². The maximum absolute atomic E-state index is 5.35. The number of fused-ring (bicyclic) bond motifs is 32. The molecule has 0 aromatic heterocycles. The Morgan fingerprint density at radius 3 is 1.59 bits per heavy atom. The highest BCUT2D eigenvalue weighted by Gasteiger charge is 2.95. The first-order valence-corrected chi connectivity index (χ1v) is 19.5. The lowest BCUT2D eigenvalue weighted by Crippen LogP contribution is -2.94. The summed E-state index contributed by atoms with van der Waals surface area (Å²) in [5.41, 5.74) is 0.741. The molecule has 0 aliphatic heterocycles. The van der Waals surface area contributed by atoms with Crippen LogP contribution in [0.3, 0.4) is 0 Å².